The van der Waals surface area contributed by atoms with Crippen LogP contribution in [0.5, 0.6) is 0 Å². The Labute approximate surface area is 112 Å². The molecule has 1 aromatic carbocycles. The second-order valence-electron chi connectivity index (χ2n) is 3.57. The molecule has 2 aromatic rings. The molecule has 0 atom stereocenters. The Balaban J connectivity index is 2.25. The van der Waals surface area contributed by atoms with E-state index in [-0.39, 0.29) is 5.91 Å². The number of nitrogens with one attached hydrogen (secondary N) is 1. The van der Waals surface area contributed by atoms with E-state index in [0.29, 0.717) is 10.6 Å². The van der Waals surface area contributed by atoms with E-state index in [1.54, 1.807) is 0 Å². The topological polar surface area (TPSA) is 55.1 Å². The van der Waals surface area contributed by atoms with E-state index in [1.807, 2.05) is 36.6 Å². The van der Waals surface area contributed by atoms with Crippen molar-refractivity contribution >= 4 is 44.5 Å². The highest BCUT2D eigenvalue weighted by Gasteiger charge is 2.12. The van der Waals surface area contributed by atoms with Gasteiger partial charge in [0.1, 0.15) is 4.88 Å². The number of carbonyl (C=O) groups excluding carboxylic acids is 1. The normalized spacial score (nSPS) is 10.2. The fourth-order valence-electron chi connectivity index (χ4n) is 1.42. The van der Waals surface area contributed by atoms with Crippen LogP contribution in [0.1, 0.15) is 15.2 Å². The molecule has 3 nitrogen and oxygen atoms in total. The van der Waals surface area contributed by atoms with Crippen molar-refractivity contribution in [3.63, 3.8) is 0 Å². The predicted molar refractivity (Wildman–Crippen MR) is 75.6 cm³/mol. The van der Waals surface area contributed by atoms with Gasteiger partial charge in [-0.15, -0.1) is 11.3 Å². The van der Waals surface area contributed by atoms with Crippen molar-refractivity contribution in [2.24, 2.45) is 0 Å². The van der Waals surface area contributed by atoms with Gasteiger partial charge in [-0.1, -0.05) is 6.07 Å². The van der Waals surface area contributed by atoms with Crippen LogP contribution in [0.4, 0.5) is 11.4 Å². The number of benzene rings is 1. The Kier molecular flexibility index (Phi) is 3.49. The van der Waals surface area contributed by atoms with Crippen molar-refractivity contribution in [1.29, 1.82) is 0 Å². The summed E-state index contributed by atoms with van der Waals surface area (Å²) in [6.07, 6.45) is 0. The van der Waals surface area contributed by atoms with E-state index >= 15 is 0 Å². The molecule has 0 aliphatic rings. The molecule has 0 saturated heterocycles. The molecule has 0 saturated carbocycles. The molecule has 0 aliphatic heterocycles. The number of hydrogen-bond donors (Lipinski definition) is 2. The van der Waals surface area contributed by atoms with Gasteiger partial charge in [-0.3, -0.25) is 4.79 Å². The SMILES string of the molecule is Cc1c(N)cccc1NC(=O)c1sccc1Br. The summed E-state index contributed by atoms with van der Waals surface area (Å²) in [5.41, 5.74) is 8.09. The molecule has 5 heteroatoms. The minimum atomic E-state index is -0.124. The van der Waals surface area contributed by atoms with Crippen LogP contribution in [-0.2, 0) is 0 Å². The largest absolute Gasteiger partial charge is 0.398 e. The van der Waals surface area contributed by atoms with Gasteiger partial charge >= 0.3 is 0 Å². The number of amides is 1. The highest BCUT2D eigenvalue weighted by Crippen LogP contribution is 2.25. The van der Waals surface area contributed by atoms with Crippen molar-refractivity contribution in [2.75, 3.05) is 11.1 Å². The molecular weight excluding hydrogens is 300 g/mol. The Morgan fingerprint density at radius 1 is 1.41 bits per heavy atom. The lowest BCUT2D eigenvalue weighted by Crippen LogP contribution is -2.12. The molecule has 0 bridgehead atoms. The van der Waals surface area contributed by atoms with Gasteiger partial charge in [0.15, 0.2) is 0 Å². The number of rotatable bonds is 2. The molecule has 1 aromatic heterocycles. The third kappa shape index (κ3) is 2.50. The number of hydrogen-bond acceptors (Lipinski definition) is 3. The second kappa shape index (κ2) is 4.89. The Morgan fingerprint density at radius 2 is 2.18 bits per heavy atom. The van der Waals surface area contributed by atoms with E-state index < -0.39 is 0 Å². The summed E-state index contributed by atoms with van der Waals surface area (Å²) in [5, 5.41) is 4.72. The molecule has 2 rings (SSSR count). The maximum atomic E-state index is 12.0. The van der Waals surface area contributed by atoms with E-state index in [4.69, 9.17) is 5.73 Å². The zero-order valence-electron chi connectivity index (χ0n) is 9.16. The smallest absolute Gasteiger partial charge is 0.266 e. The molecule has 0 fully saturated rings. The molecule has 0 radical (unpaired) electrons. The Bertz CT molecular complexity index is 565. The molecule has 88 valence electrons. The zero-order valence-corrected chi connectivity index (χ0v) is 11.6. The van der Waals surface area contributed by atoms with E-state index in [0.717, 1.165) is 15.7 Å². The van der Waals surface area contributed by atoms with Crippen LogP contribution in [0.2, 0.25) is 0 Å². The lowest BCUT2D eigenvalue weighted by atomic mass is 10.1. The van der Waals surface area contributed by atoms with Crippen LogP contribution >= 0.6 is 27.3 Å². The van der Waals surface area contributed by atoms with Crippen LogP contribution in [-0.4, -0.2) is 5.91 Å². The highest BCUT2D eigenvalue weighted by molar-refractivity contribution is 9.10. The first-order chi connectivity index (χ1) is 8.09. The summed E-state index contributed by atoms with van der Waals surface area (Å²) < 4.78 is 0.807. The van der Waals surface area contributed by atoms with Crippen molar-refractivity contribution in [2.45, 2.75) is 6.92 Å². The summed E-state index contributed by atoms with van der Waals surface area (Å²) >= 11 is 4.73. The second-order valence-corrected chi connectivity index (χ2v) is 5.34. The summed E-state index contributed by atoms with van der Waals surface area (Å²) in [6.45, 7) is 1.88. The van der Waals surface area contributed by atoms with Crippen LogP contribution in [0, 0.1) is 6.92 Å². The van der Waals surface area contributed by atoms with Crippen LogP contribution in [0.25, 0.3) is 0 Å². The van der Waals surface area contributed by atoms with Crippen molar-refractivity contribution in [1.82, 2.24) is 0 Å². The zero-order chi connectivity index (χ0) is 12.4. The van der Waals surface area contributed by atoms with Gasteiger partial charge in [0, 0.05) is 15.8 Å². The van der Waals surface area contributed by atoms with Crippen LogP contribution in [0.3, 0.4) is 0 Å². The molecule has 1 amide bonds. The third-order valence-corrected chi connectivity index (χ3v) is 4.28. The maximum absolute atomic E-state index is 12.0. The van der Waals surface area contributed by atoms with Gasteiger partial charge in [-0.25, -0.2) is 0 Å². The number of halogens is 1. The molecule has 1 heterocycles. The first kappa shape index (κ1) is 12.1. The lowest BCUT2D eigenvalue weighted by Gasteiger charge is -2.09. The van der Waals surface area contributed by atoms with Gasteiger partial charge in [0.25, 0.3) is 5.91 Å². The predicted octanol–water partition coefficient (Wildman–Crippen LogP) is 3.65. The maximum Gasteiger partial charge on any atom is 0.266 e. The first-order valence-corrected chi connectivity index (χ1v) is 6.66. The Hall–Kier alpha value is -1.33. The Morgan fingerprint density at radius 3 is 2.82 bits per heavy atom. The van der Waals surface area contributed by atoms with Gasteiger partial charge in [0.05, 0.1) is 0 Å². The molecule has 0 spiro atoms. The van der Waals surface area contributed by atoms with Crippen LogP contribution in [0.15, 0.2) is 34.1 Å². The molecule has 0 unspecified atom stereocenters. The standard InChI is InChI=1S/C12H11BrN2OS/c1-7-9(14)3-2-4-10(7)15-12(16)11-8(13)5-6-17-11/h2-6H,14H2,1H3,(H,15,16). The molecular formula is C12H11BrN2OS. The number of anilines is 2. The number of nitrogen functional groups attached to an aromatic ring is 1. The molecule has 0 aliphatic carbocycles. The van der Waals surface area contributed by atoms with Crippen LogP contribution < -0.4 is 11.1 Å². The quantitative estimate of drug-likeness (QED) is 0.832. The van der Waals surface area contributed by atoms with Gasteiger partial charge in [-0.05, 0) is 52.0 Å². The number of thiophene rings is 1. The highest BCUT2D eigenvalue weighted by atomic mass is 79.9. The van der Waals surface area contributed by atoms with Gasteiger partial charge in [-0.2, -0.15) is 0 Å². The lowest BCUT2D eigenvalue weighted by molar-refractivity contribution is 0.103. The minimum absolute atomic E-state index is 0.124. The number of nitrogens with two attached hydrogens (primary N) is 1. The van der Waals surface area contributed by atoms with Crippen molar-refractivity contribution in [3.8, 4) is 0 Å². The number of carbonyl (C=O) groups is 1. The third-order valence-electron chi connectivity index (χ3n) is 2.45. The summed E-state index contributed by atoms with van der Waals surface area (Å²) in [4.78, 5) is 12.6. The summed E-state index contributed by atoms with van der Waals surface area (Å²) in [7, 11) is 0. The average Bonchev–Trinajstić information content (AvgIpc) is 2.71. The monoisotopic (exact) mass is 310 g/mol. The first-order valence-electron chi connectivity index (χ1n) is 4.99. The van der Waals surface area contributed by atoms with Crippen molar-refractivity contribution < 1.29 is 4.79 Å². The van der Waals surface area contributed by atoms with E-state index in [9.17, 15) is 4.79 Å². The summed E-state index contributed by atoms with van der Waals surface area (Å²) in [6, 6.07) is 7.32. The fourth-order valence-corrected chi connectivity index (χ4v) is 2.87. The van der Waals surface area contributed by atoms with Crippen molar-refractivity contribution in [3.05, 3.63) is 44.6 Å². The van der Waals surface area contributed by atoms with Gasteiger partial charge in [0.2, 0.25) is 0 Å². The average molecular weight is 311 g/mol. The van der Waals surface area contributed by atoms with Gasteiger partial charge < -0.3 is 11.1 Å². The summed E-state index contributed by atoms with van der Waals surface area (Å²) in [5.74, 6) is -0.124. The molecule has 3 N–H and O–H groups in total. The molecule has 17 heavy (non-hydrogen) atoms. The van der Waals surface area contributed by atoms with E-state index in [1.165, 1.54) is 11.3 Å². The minimum Gasteiger partial charge on any atom is -0.398 e. The fraction of sp³-hybridized carbons (Fsp3) is 0.0833. The van der Waals surface area contributed by atoms with E-state index in [2.05, 4.69) is 21.2 Å².